The van der Waals surface area contributed by atoms with Crippen LogP contribution in [0.15, 0.2) is 0 Å². The smallest absolute Gasteiger partial charge is 0.230 e. The number of carbonyl (C=O) groups is 2. The van der Waals surface area contributed by atoms with Crippen molar-refractivity contribution in [2.45, 2.75) is 44.9 Å². The molecule has 0 aromatic carbocycles. The summed E-state index contributed by atoms with van der Waals surface area (Å²) in [5.41, 5.74) is 0.0793. The molecule has 3 nitrogen and oxygen atoms in total. The highest BCUT2D eigenvalue weighted by Crippen LogP contribution is 2.60. The molecular formula is C12H17NO2. The van der Waals surface area contributed by atoms with E-state index in [1.165, 1.54) is 25.7 Å². The largest absolute Gasteiger partial charge is 0.296 e. The summed E-state index contributed by atoms with van der Waals surface area (Å²) in [6, 6.07) is 0. The highest BCUT2D eigenvalue weighted by atomic mass is 16.2. The van der Waals surface area contributed by atoms with E-state index in [1.807, 2.05) is 0 Å². The minimum absolute atomic E-state index is 0.00407. The van der Waals surface area contributed by atoms with Gasteiger partial charge in [-0.25, -0.2) is 0 Å². The van der Waals surface area contributed by atoms with Gasteiger partial charge in [0.05, 0.1) is 0 Å². The van der Waals surface area contributed by atoms with Gasteiger partial charge < -0.3 is 0 Å². The molecule has 0 aromatic rings. The van der Waals surface area contributed by atoms with Gasteiger partial charge in [-0.05, 0) is 24.7 Å². The molecule has 2 saturated carbocycles. The lowest BCUT2D eigenvalue weighted by atomic mass is 9.47. The first-order valence-electron chi connectivity index (χ1n) is 6.09. The molecule has 2 aliphatic carbocycles. The van der Waals surface area contributed by atoms with Crippen molar-refractivity contribution in [2.24, 2.45) is 17.3 Å². The van der Waals surface area contributed by atoms with Gasteiger partial charge in [-0.15, -0.1) is 0 Å². The number of imide groups is 1. The van der Waals surface area contributed by atoms with Gasteiger partial charge in [0.1, 0.15) is 0 Å². The van der Waals surface area contributed by atoms with E-state index < -0.39 is 0 Å². The van der Waals surface area contributed by atoms with Crippen LogP contribution in [0.3, 0.4) is 0 Å². The molecule has 1 N–H and O–H groups in total. The summed E-state index contributed by atoms with van der Waals surface area (Å²) in [6.07, 6.45) is 7.97. The second-order valence-corrected chi connectivity index (χ2v) is 5.34. The minimum atomic E-state index is 0.00407. The molecule has 3 heteroatoms. The number of carbonyl (C=O) groups excluding carboxylic acids is 2. The van der Waals surface area contributed by atoms with Crippen LogP contribution in [0.5, 0.6) is 0 Å². The molecule has 0 radical (unpaired) electrons. The fraction of sp³-hybridized carbons (Fsp3) is 0.833. The highest BCUT2D eigenvalue weighted by Gasteiger charge is 2.63. The van der Waals surface area contributed by atoms with E-state index in [1.54, 1.807) is 0 Å². The Bertz CT molecular complexity index is 294. The summed E-state index contributed by atoms with van der Waals surface area (Å²) >= 11 is 0. The average molecular weight is 207 g/mol. The molecule has 2 saturated heterocycles. The van der Waals surface area contributed by atoms with Crippen LogP contribution in [0.4, 0.5) is 0 Å². The number of piperidine rings is 2. The van der Waals surface area contributed by atoms with E-state index in [-0.39, 0.29) is 29.1 Å². The van der Waals surface area contributed by atoms with E-state index in [0.29, 0.717) is 0 Å². The van der Waals surface area contributed by atoms with Crippen molar-refractivity contribution < 1.29 is 9.59 Å². The van der Waals surface area contributed by atoms with Crippen LogP contribution in [0.2, 0.25) is 0 Å². The van der Waals surface area contributed by atoms with E-state index in [2.05, 4.69) is 5.32 Å². The van der Waals surface area contributed by atoms with E-state index in [9.17, 15) is 9.59 Å². The molecule has 15 heavy (non-hydrogen) atoms. The molecule has 2 aliphatic heterocycles. The van der Waals surface area contributed by atoms with Gasteiger partial charge in [0, 0.05) is 11.8 Å². The molecule has 2 heterocycles. The van der Waals surface area contributed by atoms with Crippen LogP contribution in [-0.2, 0) is 9.59 Å². The number of hydrogen-bond acceptors (Lipinski definition) is 2. The van der Waals surface area contributed by atoms with Gasteiger partial charge in [0.15, 0.2) is 0 Å². The zero-order valence-corrected chi connectivity index (χ0v) is 8.92. The Labute approximate surface area is 89.6 Å². The Hall–Kier alpha value is -0.860. The standard InChI is InChI=1S/C12H17NO2/c14-10-8-7-9(11(15)13-10)12(8)5-3-1-2-4-6-12/h8-9H,1-7H2,(H,13,14,15). The molecule has 82 valence electrons. The first-order valence-corrected chi connectivity index (χ1v) is 6.09. The van der Waals surface area contributed by atoms with Crippen LogP contribution >= 0.6 is 0 Å². The normalized spacial score (nSPS) is 38.1. The highest BCUT2D eigenvalue weighted by molar-refractivity contribution is 6.04. The Morgan fingerprint density at radius 2 is 1.47 bits per heavy atom. The zero-order chi connectivity index (χ0) is 10.5. The predicted octanol–water partition coefficient (Wildman–Crippen LogP) is 1.62. The summed E-state index contributed by atoms with van der Waals surface area (Å²) in [7, 11) is 0. The third-order valence-corrected chi connectivity index (χ3v) is 4.77. The van der Waals surface area contributed by atoms with Crippen LogP contribution in [0.25, 0.3) is 0 Å². The Morgan fingerprint density at radius 3 is 1.93 bits per heavy atom. The molecule has 1 spiro atoms. The van der Waals surface area contributed by atoms with Gasteiger partial charge in [0.2, 0.25) is 11.8 Å². The third kappa shape index (κ3) is 1.12. The van der Waals surface area contributed by atoms with Gasteiger partial charge in [0.25, 0.3) is 0 Å². The summed E-state index contributed by atoms with van der Waals surface area (Å²) in [4.78, 5) is 23.4. The predicted molar refractivity (Wildman–Crippen MR) is 54.9 cm³/mol. The van der Waals surface area contributed by atoms with Crippen molar-refractivity contribution in [1.29, 1.82) is 0 Å². The molecule has 0 aromatic heterocycles. The van der Waals surface area contributed by atoms with E-state index >= 15 is 0 Å². The van der Waals surface area contributed by atoms with Gasteiger partial charge >= 0.3 is 0 Å². The molecule has 2 atom stereocenters. The minimum Gasteiger partial charge on any atom is -0.296 e. The number of hydrogen-bond donors (Lipinski definition) is 1. The number of amides is 2. The molecule has 4 aliphatic rings. The zero-order valence-electron chi connectivity index (χ0n) is 8.92. The lowest BCUT2D eigenvalue weighted by molar-refractivity contribution is -0.171. The van der Waals surface area contributed by atoms with Gasteiger partial charge in [-0.1, -0.05) is 25.7 Å². The summed E-state index contributed by atoms with van der Waals surface area (Å²) < 4.78 is 0. The quantitative estimate of drug-likeness (QED) is 0.613. The van der Waals surface area contributed by atoms with Gasteiger partial charge in [-0.3, -0.25) is 14.9 Å². The fourth-order valence-electron chi connectivity index (χ4n) is 3.90. The van der Waals surface area contributed by atoms with Crippen molar-refractivity contribution in [3.63, 3.8) is 0 Å². The van der Waals surface area contributed by atoms with Crippen molar-refractivity contribution in [3.05, 3.63) is 0 Å². The average Bonchev–Trinajstić information content (AvgIpc) is 2.41. The second kappa shape index (κ2) is 3.06. The maximum absolute atomic E-state index is 11.7. The Balaban J connectivity index is 1.91. The Kier molecular flexibility index (Phi) is 1.91. The lowest BCUT2D eigenvalue weighted by Crippen LogP contribution is -2.66. The monoisotopic (exact) mass is 207 g/mol. The van der Waals surface area contributed by atoms with E-state index in [4.69, 9.17) is 0 Å². The number of fused-ring (bicyclic) bond motifs is 2. The van der Waals surface area contributed by atoms with Crippen LogP contribution < -0.4 is 5.32 Å². The molecular weight excluding hydrogens is 190 g/mol. The molecule has 4 fully saturated rings. The lowest BCUT2D eigenvalue weighted by Gasteiger charge is -2.57. The first kappa shape index (κ1) is 9.37. The first-order chi connectivity index (χ1) is 7.24. The van der Waals surface area contributed by atoms with Crippen LogP contribution in [-0.4, -0.2) is 11.8 Å². The van der Waals surface area contributed by atoms with Crippen molar-refractivity contribution in [2.75, 3.05) is 0 Å². The topological polar surface area (TPSA) is 46.2 Å². The molecule has 2 amide bonds. The summed E-state index contributed by atoms with van der Waals surface area (Å²) in [5.74, 6) is 0.311. The maximum Gasteiger partial charge on any atom is 0.230 e. The maximum atomic E-state index is 11.7. The number of rotatable bonds is 0. The number of nitrogens with one attached hydrogen (secondary N) is 1. The molecule has 2 unspecified atom stereocenters. The third-order valence-electron chi connectivity index (χ3n) is 4.77. The molecule has 2 bridgehead atoms. The summed E-state index contributed by atoms with van der Waals surface area (Å²) in [5, 5.41) is 2.49. The SMILES string of the molecule is O=C1NC(=O)C2CC1C21CCCCCC1. The van der Waals surface area contributed by atoms with Crippen molar-refractivity contribution in [3.8, 4) is 0 Å². The fourth-order valence-corrected chi connectivity index (χ4v) is 3.90. The second-order valence-electron chi connectivity index (χ2n) is 5.34. The van der Waals surface area contributed by atoms with Gasteiger partial charge in [-0.2, -0.15) is 0 Å². The van der Waals surface area contributed by atoms with Crippen LogP contribution in [0, 0.1) is 17.3 Å². The Morgan fingerprint density at radius 1 is 0.933 bits per heavy atom. The molecule has 4 rings (SSSR count). The summed E-state index contributed by atoms with van der Waals surface area (Å²) in [6.45, 7) is 0. The van der Waals surface area contributed by atoms with E-state index in [0.717, 1.165) is 19.3 Å². The van der Waals surface area contributed by atoms with Crippen molar-refractivity contribution in [1.82, 2.24) is 5.32 Å². The van der Waals surface area contributed by atoms with Crippen LogP contribution in [0.1, 0.15) is 44.9 Å². The van der Waals surface area contributed by atoms with Crippen molar-refractivity contribution >= 4 is 11.8 Å².